The molecule has 1 saturated carbocycles. The quantitative estimate of drug-likeness (QED) is 0.645. The minimum atomic E-state index is -4.98. The maximum absolute atomic E-state index is 13.2. The SMILES string of the molecule is Nc1ccc2c(c1)nc(C(F)(F)F)n2C1(C(F)(F)F)CC1. The van der Waals surface area contributed by atoms with Crippen molar-refractivity contribution in [3.63, 3.8) is 0 Å². The lowest BCUT2D eigenvalue weighted by Gasteiger charge is -2.24. The van der Waals surface area contributed by atoms with Gasteiger partial charge in [0.15, 0.2) is 0 Å². The summed E-state index contributed by atoms with van der Waals surface area (Å²) in [6.07, 6.45) is -10.5. The van der Waals surface area contributed by atoms with Crippen molar-refractivity contribution in [1.29, 1.82) is 0 Å². The second-order valence-corrected chi connectivity index (χ2v) is 5.05. The van der Waals surface area contributed by atoms with E-state index >= 15 is 0 Å². The molecule has 114 valence electrons. The number of imidazole rings is 1. The number of hydrogen-bond acceptors (Lipinski definition) is 2. The molecule has 2 N–H and O–H groups in total. The van der Waals surface area contributed by atoms with Crippen LogP contribution in [0.4, 0.5) is 32.0 Å². The van der Waals surface area contributed by atoms with Crippen molar-refractivity contribution in [3.8, 4) is 0 Å². The van der Waals surface area contributed by atoms with Crippen LogP contribution in [0.25, 0.3) is 11.0 Å². The molecule has 3 nitrogen and oxygen atoms in total. The van der Waals surface area contributed by atoms with E-state index in [2.05, 4.69) is 4.98 Å². The molecule has 0 radical (unpaired) electrons. The van der Waals surface area contributed by atoms with Gasteiger partial charge < -0.3 is 10.3 Å². The van der Waals surface area contributed by atoms with Crippen LogP contribution in [0.1, 0.15) is 18.7 Å². The molecule has 0 spiro atoms. The molecule has 1 aliphatic rings. The smallest absolute Gasteiger partial charge is 0.399 e. The van der Waals surface area contributed by atoms with E-state index in [4.69, 9.17) is 5.73 Å². The van der Waals surface area contributed by atoms with Crippen molar-refractivity contribution in [3.05, 3.63) is 24.0 Å². The van der Waals surface area contributed by atoms with Gasteiger partial charge in [0.2, 0.25) is 5.82 Å². The standard InChI is InChI=1S/C12H9F6N3/c13-11(14,15)9-20-7-5-6(19)1-2-8(7)21(9)10(3-4-10)12(16,17)18/h1-2,5H,3-4,19H2. The summed E-state index contributed by atoms with van der Waals surface area (Å²) >= 11 is 0. The third kappa shape index (κ3) is 1.94. The second kappa shape index (κ2) is 3.83. The Morgan fingerprint density at radius 3 is 2.19 bits per heavy atom. The number of aromatic nitrogens is 2. The van der Waals surface area contributed by atoms with Crippen LogP contribution >= 0.6 is 0 Å². The molecule has 21 heavy (non-hydrogen) atoms. The van der Waals surface area contributed by atoms with E-state index in [0.717, 1.165) is 12.1 Å². The molecule has 3 rings (SSSR count). The summed E-state index contributed by atoms with van der Waals surface area (Å²) in [4.78, 5) is 3.32. The molecule has 0 saturated heterocycles. The highest BCUT2D eigenvalue weighted by molar-refractivity contribution is 5.80. The monoisotopic (exact) mass is 309 g/mol. The van der Waals surface area contributed by atoms with Gasteiger partial charge in [-0.3, -0.25) is 0 Å². The molecule has 1 aromatic heterocycles. The van der Waals surface area contributed by atoms with Gasteiger partial charge in [-0.1, -0.05) is 0 Å². The molecule has 1 aliphatic carbocycles. The lowest BCUT2D eigenvalue weighted by Crippen LogP contribution is -2.37. The third-order valence-corrected chi connectivity index (χ3v) is 3.61. The van der Waals surface area contributed by atoms with Crippen LogP contribution in [0.15, 0.2) is 18.2 Å². The third-order valence-electron chi connectivity index (χ3n) is 3.61. The van der Waals surface area contributed by atoms with Crippen LogP contribution in [0.3, 0.4) is 0 Å². The van der Waals surface area contributed by atoms with Crippen LogP contribution in [0, 0.1) is 0 Å². The number of nitrogens with zero attached hydrogens (tertiary/aromatic N) is 2. The number of alkyl halides is 6. The molecule has 0 aliphatic heterocycles. The number of nitrogens with two attached hydrogens (primary N) is 1. The average Bonchev–Trinajstić information content (AvgIpc) is 3.03. The van der Waals surface area contributed by atoms with E-state index in [-0.39, 0.29) is 21.3 Å². The number of benzene rings is 1. The first-order chi connectivity index (χ1) is 9.56. The second-order valence-electron chi connectivity index (χ2n) is 5.05. The maximum atomic E-state index is 13.2. The molecule has 1 heterocycles. The first-order valence-electron chi connectivity index (χ1n) is 5.99. The van der Waals surface area contributed by atoms with E-state index in [9.17, 15) is 26.3 Å². The van der Waals surface area contributed by atoms with Gasteiger partial charge >= 0.3 is 12.4 Å². The molecule has 0 bridgehead atoms. The van der Waals surface area contributed by atoms with Crippen molar-refractivity contribution in [2.75, 3.05) is 5.73 Å². The summed E-state index contributed by atoms with van der Waals surface area (Å²) < 4.78 is 79.0. The number of anilines is 1. The van der Waals surface area contributed by atoms with Gasteiger partial charge in [0, 0.05) is 5.69 Å². The zero-order valence-electron chi connectivity index (χ0n) is 10.4. The number of halogens is 6. The lowest BCUT2D eigenvalue weighted by atomic mass is 10.2. The molecule has 1 aromatic carbocycles. The molecule has 0 unspecified atom stereocenters. The minimum absolute atomic E-state index is 0.137. The fraction of sp³-hybridized carbons (Fsp3) is 0.417. The summed E-state index contributed by atoms with van der Waals surface area (Å²) in [7, 11) is 0. The number of fused-ring (bicyclic) bond motifs is 1. The zero-order chi connectivity index (χ0) is 15.6. The Morgan fingerprint density at radius 1 is 1.10 bits per heavy atom. The first-order valence-corrected chi connectivity index (χ1v) is 5.99. The molecular weight excluding hydrogens is 300 g/mol. The van der Waals surface area contributed by atoms with Crippen LogP contribution in [0.5, 0.6) is 0 Å². The van der Waals surface area contributed by atoms with E-state index in [0.29, 0.717) is 0 Å². The van der Waals surface area contributed by atoms with Crippen LogP contribution in [-0.4, -0.2) is 15.7 Å². The van der Waals surface area contributed by atoms with Gasteiger partial charge in [0.1, 0.15) is 5.54 Å². The van der Waals surface area contributed by atoms with Gasteiger partial charge in [-0.25, -0.2) is 4.98 Å². The Bertz CT molecular complexity index is 708. The van der Waals surface area contributed by atoms with E-state index in [1.54, 1.807) is 0 Å². The normalized spacial score (nSPS) is 18.2. The fourth-order valence-electron chi connectivity index (χ4n) is 2.47. The highest BCUT2D eigenvalue weighted by atomic mass is 19.4. The Balaban J connectivity index is 2.35. The van der Waals surface area contributed by atoms with Crippen LogP contribution in [-0.2, 0) is 11.7 Å². The van der Waals surface area contributed by atoms with Crippen molar-refractivity contribution in [2.45, 2.75) is 30.7 Å². The van der Waals surface area contributed by atoms with Gasteiger partial charge in [-0.15, -0.1) is 0 Å². The summed E-state index contributed by atoms with van der Waals surface area (Å²) in [5.74, 6) is -1.54. The Labute approximate surface area is 114 Å². The van der Waals surface area contributed by atoms with Crippen molar-refractivity contribution in [1.82, 2.24) is 9.55 Å². The molecule has 9 heteroatoms. The zero-order valence-corrected chi connectivity index (χ0v) is 10.4. The number of rotatable bonds is 1. The Kier molecular flexibility index (Phi) is 2.56. The fourth-order valence-corrected chi connectivity index (χ4v) is 2.47. The highest BCUT2D eigenvalue weighted by Crippen LogP contribution is 2.58. The average molecular weight is 309 g/mol. The van der Waals surface area contributed by atoms with Crippen LogP contribution in [0.2, 0.25) is 0 Å². The number of nitrogen functional groups attached to an aromatic ring is 1. The van der Waals surface area contributed by atoms with Gasteiger partial charge in [0.05, 0.1) is 11.0 Å². The van der Waals surface area contributed by atoms with Crippen molar-refractivity contribution in [2.24, 2.45) is 0 Å². The van der Waals surface area contributed by atoms with Gasteiger partial charge in [0.25, 0.3) is 0 Å². The lowest BCUT2D eigenvalue weighted by molar-refractivity contribution is -0.188. The number of hydrogen-bond donors (Lipinski definition) is 1. The van der Waals surface area contributed by atoms with E-state index < -0.39 is 36.6 Å². The molecule has 1 fully saturated rings. The molecular formula is C12H9F6N3. The maximum Gasteiger partial charge on any atom is 0.449 e. The Morgan fingerprint density at radius 2 is 1.71 bits per heavy atom. The summed E-state index contributed by atoms with van der Waals surface area (Å²) in [5.41, 5.74) is 2.65. The highest BCUT2D eigenvalue weighted by Gasteiger charge is 2.67. The van der Waals surface area contributed by atoms with Crippen molar-refractivity contribution >= 4 is 16.7 Å². The molecule has 2 aromatic rings. The summed E-state index contributed by atoms with van der Waals surface area (Å²) in [6, 6.07) is 3.53. The summed E-state index contributed by atoms with van der Waals surface area (Å²) in [5, 5.41) is 0. The van der Waals surface area contributed by atoms with Crippen LogP contribution < -0.4 is 5.73 Å². The summed E-state index contributed by atoms with van der Waals surface area (Å²) in [6.45, 7) is 0. The molecule has 0 amide bonds. The molecule has 0 atom stereocenters. The predicted octanol–water partition coefficient (Wildman–Crippen LogP) is 3.69. The predicted molar refractivity (Wildman–Crippen MR) is 62.4 cm³/mol. The Hall–Kier alpha value is -1.93. The van der Waals surface area contributed by atoms with Gasteiger partial charge in [-0.2, -0.15) is 26.3 Å². The van der Waals surface area contributed by atoms with Gasteiger partial charge in [-0.05, 0) is 31.0 Å². The minimum Gasteiger partial charge on any atom is -0.399 e. The van der Waals surface area contributed by atoms with E-state index in [1.807, 2.05) is 0 Å². The largest absolute Gasteiger partial charge is 0.449 e. The van der Waals surface area contributed by atoms with E-state index in [1.165, 1.54) is 6.07 Å². The first kappa shape index (κ1) is 14.0. The topological polar surface area (TPSA) is 43.8 Å². The van der Waals surface area contributed by atoms with Crippen molar-refractivity contribution < 1.29 is 26.3 Å².